The Bertz CT molecular complexity index is 3460. The highest BCUT2D eigenvalue weighted by atomic mass is 15.2. The minimum Gasteiger partial charge on any atom is -0.359 e. The normalized spacial score (nSPS) is 18.6. The summed E-state index contributed by atoms with van der Waals surface area (Å²) in [6, 6.07) is 64.2. The second kappa shape index (κ2) is 14.2. The molecule has 2 aliphatic carbocycles. The summed E-state index contributed by atoms with van der Waals surface area (Å²) in [6.45, 7) is 2.41. The molecule has 0 amide bonds. The molecule has 3 unspecified atom stereocenters. The molecule has 13 rings (SSSR count). The van der Waals surface area contributed by atoms with E-state index in [4.69, 9.17) is 4.99 Å². The minimum absolute atomic E-state index is 0.0419. The predicted octanol–water partition coefficient (Wildman–Crippen LogP) is 14.4. The number of nitrogens with one attached hydrogen (secondary N) is 1. The van der Waals surface area contributed by atoms with E-state index in [2.05, 4.69) is 222 Å². The van der Waals surface area contributed by atoms with Crippen molar-refractivity contribution in [3.63, 3.8) is 0 Å². The van der Waals surface area contributed by atoms with Gasteiger partial charge in [0.05, 0.1) is 34.3 Å². The van der Waals surface area contributed by atoms with E-state index in [9.17, 15) is 0 Å². The van der Waals surface area contributed by atoms with Gasteiger partial charge in [0.1, 0.15) is 5.84 Å². The Morgan fingerprint density at radius 1 is 0.619 bits per heavy atom. The highest BCUT2D eigenvalue weighted by Crippen LogP contribution is 2.57. The van der Waals surface area contributed by atoms with Crippen molar-refractivity contribution in [3.8, 4) is 5.69 Å². The molecule has 63 heavy (non-hydrogen) atoms. The van der Waals surface area contributed by atoms with Gasteiger partial charge in [-0.2, -0.15) is 0 Å². The zero-order chi connectivity index (χ0) is 41.6. The summed E-state index contributed by atoms with van der Waals surface area (Å²) in [6.07, 6.45) is 11.5. The fourth-order valence-corrected chi connectivity index (χ4v) is 11.0. The van der Waals surface area contributed by atoms with Gasteiger partial charge >= 0.3 is 0 Å². The molecule has 3 atom stereocenters. The van der Waals surface area contributed by atoms with E-state index < -0.39 is 0 Å². The van der Waals surface area contributed by atoms with Gasteiger partial charge < -0.3 is 14.8 Å². The van der Waals surface area contributed by atoms with Crippen molar-refractivity contribution in [2.45, 2.75) is 37.6 Å². The van der Waals surface area contributed by atoms with Crippen LogP contribution >= 0.6 is 0 Å². The Kier molecular flexibility index (Phi) is 8.11. The molecule has 0 saturated carbocycles. The molecule has 1 N–H and O–H groups in total. The van der Waals surface area contributed by atoms with Gasteiger partial charge in [0, 0.05) is 33.6 Å². The van der Waals surface area contributed by atoms with Crippen molar-refractivity contribution in [3.05, 3.63) is 238 Å². The molecule has 9 aromatic rings. The average molecular weight is 809 g/mol. The largest absolute Gasteiger partial charge is 0.359 e. The molecule has 3 heterocycles. The number of nitrogens with zero attached hydrogens (tertiary/aromatic N) is 3. The second-order valence-corrected chi connectivity index (χ2v) is 17.6. The van der Waals surface area contributed by atoms with Gasteiger partial charge in [-0.25, -0.2) is 4.99 Å². The van der Waals surface area contributed by atoms with Gasteiger partial charge in [-0.1, -0.05) is 159 Å². The molecule has 0 fully saturated rings. The maximum atomic E-state index is 5.38. The van der Waals surface area contributed by atoms with E-state index in [-0.39, 0.29) is 12.0 Å². The van der Waals surface area contributed by atoms with Crippen LogP contribution < -0.4 is 10.2 Å². The van der Waals surface area contributed by atoms with E-state index in [0.29, 0.717) is 5.92 Å². The van der Waals surface area contributed by atoms with Crippen LogP contribution in [0.1, 0.15) is 75.9 Å². The topological polar surface area (TPSA) is 32.6 Å². The summed E-state index contributed by atoms with van der Waals surface area (Å²) in [5, 5.41) is 10.1. The zero-order valence-corrected chi connectivity index (χ0v) is 35.0. The van der Waals surface area contributed by atoms with Gasteiger partial charge in [-0.05, 0) is 117 Å². The molecule has 4 aliphatic rings. The first-order chi connectivity index (χ1) is 31.1. The molecule has 4 nitrogen and oxygen atoms in total. The smallest absolute Gasteiger partial charge is 0.134 e. The third kappa shape index (κ3) is 5.71. The first kappa shape index (κ1) is 36.0. The molecule has 0 radical (unpaired) electrons. The SMILES string of the molecule is CC1CC=Cc2ccc3c(c21)C1Cc2c(n(-c4cc(C5=NC(c6ccccc6)=CC(c6ccccc6)N5)cc5ccccc45)c4ccccc24)C=C1N3c1ccc2ccccc2c1. The number of aromatic nitrogens is 1. The Morgan fingerprint density at radius 2 is 1.37 bits per heavy atom. The average Bonchev–Trinajstić information content (AvgIpc) is 3.85. The molecule has 0 bridgehead atoms. The van der Waals surface area contributed by atoms with Crippen LogP contribution in [-0.4, -0.2) is 10.4 Å². The van der Waals surface area contributed by atoms with Crippen molar-refractivity contribution in [1.29, 1.82) is 0 Å². The van der Waals surface area contributed by atoms with Gasteiger partial charge in [-0.3, -0.25) is 0 Å². The lowest BCUT2D eigenvalue weighted by atomic mass is 9.77. The fraction of sp³-hybridized carbons (Fsp3) is 0.102. The fourth-order valence-electron chi connectivity index (χ4n) is 11.0. The number of amidine groups is 1. The highest BCUT2D eigenvalue weighted by molar-refractivity contribution is 6.08. The monoisotopic (exact) mass is 808 g/mol. The van der Waals surface area contributed by atoms with Crippen LogP contribution in [0.5, 0.6) is 0 Å². The highest BCUT2D eigenvalue weighted by Gasteiger charge is 2.42. The van der Waals surface area contributed by atoms with E-state index in [1.165, 1.54) is 83.0 Å². The third-order valence-corrected chi connectivity index (χ3v) is 13.9. The van der Waals surface area contributed by atoms with Crippen molar-refractivity contribution < 1.29 is 0 Å². The summed E-state index contributed by atoms with van der Waals surface area (Å²) in [4.78, 5) is 7.97. The lowest BCUT2D eigenvalue weighted by Gasteiger charge is -2.28. The van der Waals surface area contributed by atoms with E-state index in [1.54, 1.807) is 0 Å². The Balaban J connectivity index is 1.04. The first-order valence-electron chi connectivity index (χ1n) is 22.3. The Labute approximate surface area is 367 Å². The molecule has 8 aromatic carbocycles. The Hall–Kier alpha value is -7.69. The number of para-hydroxylation sites is 1. The summed E-state index contributed by atoms with van der Waals surface area (Å²) >= 11 is 0. The zero-order valence-electron chi connectivity index (χ0n) is 35.0. The molecule has 0 saturated heterocycles. The number of fused-ring (bicyclic) bond motifs is 10. The van der Waals surface area contributed by atoms with Crippen LogP contribution in [-0.2, 0) is 6.42 Å². The summed E-state index contributed by atoms with van der Waals surface area (Å²) in [7, 11) is 0. The van der Waals surface area contributed by atoms with Crippen molar-refractivity contribution in [1.82, 2.24) is 9.88 Å². The standard InChI is InChI=1S/C59H44N4/c1-37-15-14-23-41-28-30-53-58(57(37)41)49-34-48-47-25-12-13-26-52(47)63(55(48)36-56(49)62(53)45-29-27-38-16-8-9-21-42(38)32-45)54-33-44(31-43-22-10-11-24-46(43)54)59-60-50(39-17-4-2-5-18-39)35-51(61-59)40-19-6-3-7-20-40/h2-14,16-33,35-37,49-50H,15,34H2,1H3,(H,60,61). The van der Waals surface area contributed by atoms with Crippen LogP contribution in [0, 0.1) is 0 Å². The third-order valence-electron chi connectivity index (χ3n) is 13.9. The Morgan fingerprint density at radius 3 is 2.22 bits per heavy atom. The molecule has 300 valence electrons. The van der Waals surface area contributed by atoms with Gasteiger partial charge in [-0.15, -0.1) is 0 Å². The summed E-state index contributed by atoms with van der Waals surface area (Å²) in [5.41, 5.74) is 17.6. The van der Waals surface area contributed by atoms with Crippen LogP contribution in [0.2, 0.25) is 0 Å². The van der Waals surface area contributed by atoms with Crippen molar-refractivity contribution >= 4 is 67.5 Å². The van der Waals surface area contributed by atoms with Crippen LogP contribution in [0.3, 0.4) is 0 Å². The van der Waals surface area contributed by atoms with E-state index in [1.807, 2.05) is 0 Å². The number of allylic oxidation sites excluding steroid dienone is 2. The van der Waals surface area contributed by atoms with Crippen LogP contribution in [0.25, 0.3) is 56.0 Å². The van der Waals surface area contributed by atoms with Crippen molar-refractivity contribution in [2.75, 3.05) is 4.90 Å². The van der Waals surface area contributed by atoms with Gasteiger partial charge in [0.2, 0.25) is 0 Å². The minimum atomic E-state index is -0.0419. The molecule has 2 aliphatic heterocycles. The van der Waals surface area contributed by atoms with Crippen LogP contribution in [0.15, 0.2) is 199 Å². The predicted molar refractivity (Wildman–Crippen MR) is 263 cm³/mol. The second-order valence-electron chi connectivity index (χ2n) is 17.6. The van der Waals surface area contributed by atoms with Gasteiger partial charge in [0.25, 0.3) is 0 Å². The molecule has 4 heteroatoms. The maximum Gasteiger partial charge on any atom is 0.134 e. The molecular formula is C59H44N4. The summed E-state index contributed by atoms with van der Waals surface area (Å²) in [5.74, 6) is 1.54. The quantitative estimate of drug-likeness (QED) is 0.188. The number of benzene rings is 8. The molecular weight excluding hydrogens is 765 g/mol. The number of hydrogen-bond donors (Lipinski definition) is 1. The van der Waals surface area contributed by atoms with Gasteiger partial charge in [0.15, 0.2) is 0 Å². The van der Waals surface area contributed by atoms with Crippen molar-refractivity contribution in [2.24, 2.45) is 4.99 Å². The van der Waals surface area contributed by atoms with E-state index in [0.717, 1.165) is 41.2 Å². The lowest BCUT2D eigenvalue weighted by Crippen LogP contribution is -2.31. The first-order valence-corrected chi connectivity index (χ1v) is 22.3. The number of hydrogen-bond acceptors (Lipinski definition) is 3. The molecule has 0 spiro atoms. The van der Waals surface area contributed by atoms with E-state index >= 15 is 0 Å². The number of aliphatic imine (C=N–C) groups is 1. The number of rotatable bonds is 5. The summed E-state index contributed by atoms with van der Waals surface area (Å²) < 4.78 is 2.55. The molecule has 1 aromatic heterocycles. The maximum absolute atomic E-state index is 5.38. The lowest BCUT2D eigenvalue weighted by molar-refractivity contribution is 0.728. The number of anilines is 2. The van der Waals surface area contributed by atoms with Crippen LogP contribution in [0.4, 0.5) is 11.4 Å².